The van der Waals surface area contributed by atoms with E-state index in [1.807, 2.05) is 13.8 Å². The SMILES string of the molecule is CC.Cc1nc(NC(c2ccc(C(C)(F)F)c(F)c2)C(C)C)c(C(=N)CF)c(=O)[nH]1. The molecule has 0 radical (unpaired) electrons. The van der Waals surface area contributed by atoms with Gasteiger partial charge in [-0.05, 0) is 30.5 Å². The largest absolute Gasteiger partial charge is 0.362 e. The van der Waals surface area contributed by atoms with Gasteiger partial charge in [0.1, 0.15) is 29.7 Å². The summed E-state index contributed by atoms with van der Waals surface area (Å²) < 4.78 is 54.2. The average Bonchev–Trinajstić information content (AvgIpc) is 2.65. The zero-order valence-corrected chi connectivity index (χ0v) is 18.0. The molecule has 0 aliphatic rings. The number of H-pyrrole nitrogens is 1. The van der Waals surface area contributed by atoms with Gasteiger partial charge in [0.05, 0.1) is 17.3 Å². The van der Waals surface area contributed by atoms with Crippen LogP contribution in [0.15, 0.2) is 23.0 Å². The van der Waals surface area contributed by atoms with Gasteiger partial charge in [0.15, 0.2) is 0 Å². The number of aromatic nitrogens is 2. The highest BCUT2D eigenvalue weighted by atomic mass is 19.3. The Hall–Kier alpha value is -2.71. The van der Waals surface area contributed by atoms with Gasteiger partial charge in [-0.1, -0.05) is 33.8 Å². The molecule has 0 amide bonds. The molecule has 166 valence electrons. The van der Waals surface area contributed by atoms with Crippen LogP contribution in [0.1, 0.15) is 63.2 Å². The molecule has 1 aromatic carbocycles. The molecule has 0 spiro atoms. The lowest BCUT2D eigenvalue weighted by Gasteiger charge is -2.25. The van der Waals surface area contributed by atoms with Gasteiger partial charge in [-0.15, -0.1) is 0 Å². The van der Waals surface area contributed by atoms with Crippen molar-refractivity contribution >= 4 is 11.5 Å². The number of alkyl halides is 3. The summed E-state index contributed by atoms with van der Waals surface area (Å²) in [6.45, 7) is 8.58. The minimum absolute atomic E-state index is 0.0205. The molecule has 30 heavy (non-hydrogen) atoms. The second kappa shape index (κ2) is 10.4. The fourth-order valence-corrected chi connectivity index (χ4v) is 2.90. The van der Waals surface area contributed by atoms with Crippen molar-refractivity contribution < 1.29 is 17.6 Å². The third-order valence-electron chi connectivity index (χ3n) is 4.26. The van der Waals surface area contributed by atoms with Gasteiger partial charge in [0, 0.05) is 6.92 Å². The van der Waals surface area contributed by atoms with Gasteiger partial charge in [0.2, 0.25) is 0 Å². The van der Waals surface area contributed by atoms with Crippen LogP contribution in [0.25, 0.3) is 0 Å². The number of halogens is 4. The lowest BCUT2D eigenvalue weighted by Crippen LogP contribution is -2.27. The number of benzene rings is 1. The van der Waals surface area contributed by atoms with Gasteiger partial charge in [-0.3, -0.25) is 4.79 Å². The normalized spacial score (nSPS) is 12.2. The van der Waals surface area contributed by atoms with E-state index in [4.69, 9.17) is 5.41 Å². The summed E-state index contributed by atoms with van der Waals surface area (Å²) in [5, 5.41) is 10.7. The number of nitrogens with one attached hydrogen (secondary N) is 3. The predicted octanol–water partition coefficient (Wildman–Crippen LogP) is 5.50. The van der Waals surface area contributed by atoms with Crippen LogP contribution < -0.4 is 10.9 Å². The third-order valence-corrected chi connectivity index (χ3v) is 4.26. The first-order valence-electron chi connectivity index (χ1n) is 9.64. The highest BCUT2D eigenvalue weighted by molar-refractivity contribution is 6.02. The predicted molar refractivity (Wildman–Crippen MR) is 111 cm³/mol. The summed E-state index contributed by atoms with van der Waals surface area (Å²) in [5.41, 5.74) is -1.84. The Balaban J connectivity index is 0.00000218. The van der Waals surface area contributed by atoms with Crippen molar-refractivity contribution in [1.29, 1.82) is 5.41 Å². The molecule has 0 bridgehead atoms. The minimum Gasteiger partial charge on any atom is -0.362 e. The van der Waals surface area contributed by atoms with Crippen LogP contribution >= 0.6 is 0 Å². The number of hydrogen-bond acceptors (Lipinski definition) is 4. The van der Waals surface area contributed by atoms with Crippen molar-refractivity contribution in [2.75, 3.05) is 12.0 Å². The minimum atomic E-state index is -3.32. The van der Waals surface area contributed by atoms with Crippen LogP contribution in [-0.2, 0) is 5.92 Å². The van der Waals surface area contributed by atoms with Crippen molar-refractivity contribution in [3.8, 4) is 0 Å². The monoisotopic (exact) mass is 428 g/mol. The fourth-order valence-electron chi connectivity index (χ4n) is 2.90. The van der Waals surface area contributed by atoms with Gasteiger partial charge in [0.25, 0.3) is 11.5 Å². The maximum Gasteiger partial charge on any atom is 0.273 e. The van der Waals surface area contributed by atoms with Crippen LogP contribution in [0, 0.1) is 24.1 Å². The number of aromatic amines is 1. The molecule has 2 rings (SSSR count). The Morgan fingerprint density at radius 2 is 1.90 bits per heavy atom. The zero-order chi connectivity index (χ0) is 23.2. The summed E-state index contributed by atoms with van der Waals surface area (Å²) in [6.07, 6.45) is 0. The van der Waals surface area contributed by atoms with E-state index in [9.17, 15) is 22.4 Å². The Bertz CT molecular complexity index is 936. The van der Waals surface area contributed by atoms with E-state index in [-0.39, 0.29) is 23.1 Å². The molecule has 3 N–H and O–H groups in total. The number of anilines is 1. The van der Waals surface area contributed by atoms with E-state index >= 15 is 0 Å². The topological polar surface area (TPSA) is 81.6 Å². The number of nitrogens with zero attached hydrogens (tertiary/aromatic N) is 1. The van der Waals surface area contributed by atoms with Gasteiger partial charge in [-0.2, -0.15) is 0 Å². The van der Waals surface area contributed by atoms with Crippen LogP contribution in [0.3, 0.4) is 0 Å². The Morgan fingerprint density at radius 1 is 1.30 bits per heavy atom. The fraction of sp³-hybridized carbons (Fsp3) is 0.476. The smallest absolute Gasteiger partial charge is 0.273 e. The maximum absolute atomic E-state index is 14.2. The molecule has 0 aliphatic carbocycles. The summed E-state index contributed by atoms with van der Waals surface area (Å²) in [7, 11) is 0. The van der Waals surface area contributed by atoms with E-state index in [0.29, 0.717) is 12.5 Å². The molecule has 2 aromatic rings. The van der Waals surface area contributed by atoms with Crippen LogP contribution in [0.5, 0.6) is 0 Å². The molecule has 0 aliphatic heterocycles. The highest BCUT2D eigenvalue weighted by Gasteiger charge is 2.29. The van der Waals surface area contributed by atoms with Crippen LogP contribution in [0.2, 0.25) is 0 Å². The Morgan fingerprint density at radius 3 is 2.37 bits per heavy atom. The van der Waals surface area contributed by atoms with E-state index in [1.165, 1.54) is 13.0 Å². The van der Waals surface area contributed by atoms with E-state index in [2.05, 4.69) is 15.3 Å². The first kappa shape index (κ1) is 25.3. The van der Waals surface area contributed by atoms with E-state index < -0.39 is 41.3 Å². The summed E-state index contributed by atoms with van der Waals surface area (Å²) in [6, 6.07) is 2.77. The standard InChI is InChI=1S/C19H22F4N4O.C2H6/c1-9(2)16(11-5-6-12(13(21)7-11)19(4,22)23)27-17-15(14(24)8-20)18(28)26-10(3)25-17;1-2/h5-7,9,16,24H,8H2,1-4H3,(H2,25,26,27,28);1-2H3. The summed E-state index contributed by atoms with van der Waals surface area (Å²) >= 11 is 0. The van der Waals surface area contributed by atoms with E-state index in [0.717, 1.165) is 12.1 Å². The second-order valence-electron chi connectivity index (χ2n) is 6.98. The Labute approximate surface area is 173 Å². The molecule has 1 aromatic heterocycles. The molecule has 9 heteroatoms. The molecule has 0 saturated carbocycles. The average molecular weight is 428 g/mol. The van der Waals surface area contributed by atoms with Crippen molar-refractivity contribution in [2.24, 2.45) is 5.92 Å². The maximum atomic E-state index is 14.2. The van der Waals surface area contributed by atoms with E-state index in [1.54, 1.807) is 13.8 Å². The summed E-state index contributed by atoms with van der Waals surface area (Å²) in [5.74, 6) is -4.31. The molecule has 5 nitrogen and oxygen atoms in total. The zero-order valence-electron chi connectivity index (χ0n) is 18.0. The highest BCUT2D eigenvalue weighted by Crippen LogP contribution is 2.33. The molecule has 1 atom stereocenters. The molecular weight excluding hydrogens is 400 g/mol. The lowest BCUT2D eigenvalue weighted by atomic mass is 9.94. The number of aryl methyl sites for hydroxylation is 1. The first-order valence-corrected chi connectivity index (χ1v) is 9.64. The number of rotatable bonds is 7. The molecule has 1 heterocycles. The molecular formula is C21H28F4N4O. The Kier molecular flexibility index (Phi) is 8.74. The molecule has 0 fully saturated rings. The van der Waals surface area contributed by atoms with Gasteiger partial charge in [-0.25, -0.2) is 22.5 Å². The quantitative estimate of drug-likeness (QED) is 0.402. The molecule has 1 unspecified atom stereocenters. The lowest BCUT2D eigenvalue weighted by molar-refractivity contribution is 0.0137. The van der Waals surface area contributed by atoms with Crippen molar-refractivity contribution in [3.63, 3.8) is 0 Å². The summed E-state index contributed by atoms with van der Waals surface area (Å²) in [4.78, 5) is 18.7. The van der Waals surface area contributed by atoms with Gasteiger partial charge >= 0.3 is 0 Å². The third kappa shape index (κ3) is 5.90. The van der Waals surface area contributed by atoms with Crippen molar-refractivity contribution in [1.82, 2.24) is 9.97 Å². The molecule has 0 saturated heterocycles. The van der Waals surface area contributed by atoms with Crippen LogP contribution in [0.4, 0.5) is 23.4 Å². The van der Waals surface area contributed by atoms with Crippen molar-refractivity contribution in [2.45, 2.75) is 53.5 Å². The van der Waals surface area contributed by atoms with Crippen LogP contribution in [-0.4, -0.2) is 22.4 Å². The first-order chi connectivity index (χ1) is 14.0. The number of hydrogen-bond donors (Lipinski definition) is 3. The second-order valence-corrected chi connectivity index (χ2v) is 6.98. The van der Waals surface area contributed by atoms with Crippen molar-refractivity contribution in [3.05, 3.63) is 56.9 Å². The van der Waals surface area contributed by atoms with Gasteiger partial charge < -0.3 is 15.7 Å².